The molecule has 0 heterocycles. The molecule has 1 aromatic rings. The molecule has 0 saturated carbocycles. The largest absolute Gasteiger partial charge is 0.312 e. The van der Waals surface area contributed by atoms with Crippen LogP contribution in [0.2, 0.25) is 0 Å². The van der Waals surface area contributed by atoms with Gasteiger partial charge in [0.2, 0.25) is 0 Å². The van der Waals surface area contributed by atoms with Crippen molar-refractivity contribution < 1.29 is 4.39 Å². The lowest BCUT2D eigenvalue weighted by Gasteiger charge is -2.08. The highest BCUT2D eigenvalue weighted by Crippen LogP contribution is 2.17. The van der Waals surface area contributed by atoms with Crippen molar-refractivity contribution in [2.45, 2.75) is 20.4 Å². The molecule has 0 unspecified atom stereocenters. The Hall–Kier alpha value is -0.410. The summed E-state index contributed by atoms with van der Waals surface area (Å²) in [5.41, 5.74) is 0.964. The third kappa shape index (κ3) is 3.76. The van der Waals surface area contributed by atoms with Crippen LogP contribution in [-0.4, -0.2) is 6.54 Å². The maximum Gasteiger partial charge on any atom is 0.123 e. The van der Waals surface area contributed by atoms with Crippen molar-refractivity contribution >= 4 is 15.9 Å². The number of rotatable bonds is 4. The zero-order chi connectivity index (χ0) is 10.6. The first kappa shape index (κ1) is 11.7. The summed E-state index contributed by atoms with van der Waals surface area (Å²) in [5, 5.41) is 3.27. The molecule has 0 bridgehead atoms. The molecule has 1 aromatic carbocycles. The van der Waals surface area contributed by atoms with Crippen LogP contribution in [0.1, 0.15) is 19.4 Å². The van der Waals surface area contributed by atoms with Gasteiger partial charge in [-0.05, 0) is 36.2 Å². The first-order chi connectivity index (χ1) is 6.59. The van der Waals surface area contributed by atoms with E-state index in [0.29, 0.717) is 12.5 Å². The van der Waals surface area contributed by atoms with E-state index >= 15 is 0 Å². The molecule has 0 aliphatic rings. The number of halogens is 2. The van der Waals surface area contributed by atoms with Crippen LogP contribution in [-0.2, 0) is 6.54 Å². The van der Waals surface area contributed by atoms with Gasteiger partial charge < -0.3 is 5.32 Å². The molecule has 0 atom stereocenters. The average Bonchev–Trinajstić information content (AvgIpc) is 2.10. The van der Waals surface area contributed by atoms with Crippen LogP contribution in [0, 0.1) is 11.7 Å². The SMILES string of the molecule is CC(C)CNCc1cc(F)ccc1Br. The van der Waals surface area contributed by atoms with Crippen molar-refractivity contribution in [2.24, 2.45) is 5.92 Å². The van der Waals surface area contributed by atoms with Crippen LogP contribution in [0.4, 0.5) is 4.39 Å². The van der Waals surface area contributed by atoms with Gasteiger partial charge in [-0.15, -0.1) is 0 Å². The van der Waals surface area contributed by atoms with E-state index in [1.54, 1.807) is 12.1 Å². The standard InChI is InChI=1S/C11H15BrFN/c1-8(2)6-14-7-9-5-10(13)3-4-11(9)12/h3-5,8,14H,6-7H2,1-2H3. The topological polar surface area (TPSA) is 12.0 Å². The smallest absolute Gasteiger partial charge is 0.123 e. The van der Waals surface area contributed by atoms with Crippen molar-refractivity contribution in [3.8, 4) is 0 Å². The molecule has 0 fully saturated rings. The monoisotopic (exact) mass is 259 g/mol. The lowest BCUT2D eigenvalue weighted by molar-refractivity contribution is 0.549. The van der Waals surface area contributed by atoms with Gasteiger partial charge in [0, 0.05) is 11.0 Å². The molecule has 0 saturated heterocycles. The summed E-state index contributed by atoms with van der Waals surface area (Å²) >= 11 is 3.39. The minimum Gasteiger partial charge on any atom is -0.312 e. The van der Waals surface area contributed by atoms with Crippen molar-refractivity contribution in [2.75, 3.05) is 6.54 Å². The van der Waals surface area contributed by atoms with Crippen LogP contribution >= 0.6 is 15.9 Å². The summed E-state index contributed by atoms with van der Waals surface area (Å²) in [7, 11) is 0. The predicted octanol–water partition coefficient (Wildman–Crippen LogP) is 3.33. The summed E-state index contributed by atoms with van der Waals surface area (Å²) < 4.78 is 13.8. The van der Waals surface area contributed by atoms with Gasteiger partial charge in [0.25, 0.3) is 0 Å². The lowest BCUT2D eigenvalue weighted by Crippen LogP contribution is -2.19. The summed E-state index contributed by atoms with van der Waals surface area (Å²) in [6.45, 7) is 5.95. The van der Waals surface area contributed by atoms with E-state index in [4.69, 9.17) is 0 Å². The van der Waals surface area contributed by atoms with Crippen LogP contribution in [0.25, 0.3) is 0 Å². The van der Waals surface area contributed by atoms with Gasteiger partial charge in [0.15, 0.2) is 0 Å². The van der Waals surface area contributed by atoms with Gasteiger partial charge in [0.05, 0.1) is 0 Å². The summed E-state index contributed by atoms with van der Waals surface area (Å²) in [4.78, 5) is 0. The van der Waals surface area contributed by atoms with Gasteiger partial charge in [0.1, 0.15) is 5.82 Å². The summed E-state index contributed by atoms with van der Waals surface area (Å²) in [6, 6.07) is 4.75. The van der Waals surface area contributed by atoms with E-state index in [1.807, 2.05) is 0 Å². The van der Waals surface area contributed by atoms with Gasteiger partial charge in [-0.25, -0.2) is 4.39 Å². The van der Waals surface area contributed by atoms with E-state index in [9.17, 15) is 4.39 Å². The molecule has 0 radical (unpaired) electrons. The van der Waals surface area contributed by atoms with Gasteiger partial charge >= 0.3 is 0 Å². The highest BCUT2D eigenvalue weighted by Gasteiger charge is 2.01. The lowest BCUT2D eigenvalue weighted by atomic mass is 10.2. The molecule has 0 aliphatic carbocycles. The van der Waals surface area contributed by atoms with Crippen LogP contribution in [0.5, 0.6) is 0 Å². The molecule has 0 aliphatic heterocycles. The molecular formula is C11H15BrFN. The van der Waals surface area contributed by atoms with Gasteiger partial charge in [-0.1, -0.05) is 29.8 Å². The Morgan fingerprint density at radius 3 is 2.79 bits per heavy atom. The van der Waals surface area contributed by atoms with Crippen LogP contribution in [0.3, 0.4) is 0 Å². The van der Waals surface area contributed by atoms with Gasteiger partial charge in [-0.2, -0.15) is 0 Å². The molecule has 14 heavy (non-hydrogen) atoms. The Morgan fingerprint density at radius 1 is 1.43 bits per heavy atom. The molecule has 1 nitrogen and oxygen atoms in total. The molecule has 0 amide bonds. The molecule has 3 heteroatoms. The second-order valence-corrected chi connectivity index (χ2v) is 4.61. The predicted molar refractivity (Wildman–Crippen MR) is 60.6 cm³/mol. The van der Waals surface area contributed by atoms with E-state index in [1.165, 1.54) is 6.07 Å². The zero-order valence-electron chi connectivity index (χ0n) is 8.48. The Kier molecular flexibility index (Phi) is 4.55. The quantitative estimate of drug-likeness (QED) is 0.875. The third-order valence-electron chi connectivity index (χ3n) is 1.88. The highest BCUT2D eigenvalue weighted by atomic mass is 79.9. The van der Waals surface area contributed by atoms with Crippen molar-refractivity contribution in [1.82, 2.24) is 5.32 Å². The maximum absolute atomic E-state index is 12.9. The Bertz CT molecular complexity index is 299. The zero-order valence-corrected chi connectivity index (χ0v) is 10.1. The second kappa shape index (κ2) is 5.47. The third-order valence-corrected chi connectivity index (χ3v) is 2.65. The van der Waals surface area contributed by atoms with Crippen molar-refractivity contribution in [3.63, 3.8) is 0 Å². The number of hydrogen-bond acceptors (Lipinski definition) is 1. The minimum atomic E-state index is -0.186. The van der Waals surface area contributed by atoms with Crippen molar-refractivity contribution in [3.05, 3.63) is 34.1 Å². The molecule has 0 aromatic heterocycles. The Labute approximate surface area is 92.8 Å². The first-order valence-electron chi connectivity index (χ1n) is 4.74. The average molecular weight is 260 g/mol. The van der Waals surface area contributed by atoms with E-state index in [0.717, 1.165) is 16.6 Å². The van der Waals surface area contributed by atoms with Crippen molar-refractivity contribution in [1.29, 1.82) is 0 Å². The molecule has 1 rings (SSSR count). The highest BCUT2D eigenvalue weighted by molar-refractivity contribution is 9.10. The molecule has 78 valence electrons. The summed E-state index contributed by atoms with van der Waals surface area (Å²) in [6.07, 6.45) is 0. The Morgan fingerprint density at radius 2 is 2.14 bits per heavy atom. The number of nitrogens with one attached hydrogen (secondary N) is 1. The van der Waals surface area contributed by atoms with E-state index in [-0.39, 0.29) is 5.82 Å². The van der Waals surface area contributed by atoms with Crippen LogP contribution < -0.4 is 5.32 Å². The number of benzene rings is 1. The summed E-state index contributed by atoms with van der Waals surface area (Å²) in [5.74, 6) is 0.428. The molecule has 0 spiro atoms. The van der Waals surface area contributed by atoms with E-state index in [2.05, 4.69) is 35.1 Å². The van der Waals surface area contributed by atoms with E-state index < -0.39 is 0 Å². The normalized spacial score (nSPS) is 10.9. The van der Waals surface area contributed by atoms with Crippen LogP contribution in [0.15, 0.2) is 22.7 Å². The first-order valence-corrected chi connectivity index (χ1v) is 5.53. The minimum absolute atomic E-state index is 0.186. The van der Waals surface area contributed by atoms with Gasteiger partial charge in [-0.3, -0.25) is 0 Å². The fraction of sp³-hybridized carbons (Fsp3) is 0.455. The molecular weight excluding hydrogens is 245 g/mol. The fourth-order valence-corrected chi connectivity index (χ4v) is 1.56. The fourth-order valence-electron chi connectivity index (χ4n) is 1.17. The Balaban J connectivity index is 2.53. The molecule has 1 N–H and O–H groups in total. The maximum atomic E-state index is 12.9. The second-order valence-electron chi connectivity index (χ2n) is 3.76. The number of hydrogen-bond donors (Lipinski definition) is 1.